The van der Waals surface area contributed by atoms with E-state index in [4.69, 9.17) is 4.74 Å². The van der Waals surface area contributed by atoms with Gasteiger partial charge in [0.05, 0.1) is 17.7 Å². The Morgan fingerprint density at radius 3 is 2.65 bits per heavy atom. The van der Waals surface area contributed by atoms with E-state index < -0.39 is 0 Å². The van der Waals surface area contributed by atoms with Gasteiger partial charge in [0.25, 0.3) is 0 Å². The van der Waals surface area contributed by atoms with Crippen molar-refractivity contribution in [3.63, 3.8) is 0 Å². The van der Waals surface area contributed by atoms with Gasteiger partial charge in [-0.1, -0.05) is 23.8 Å². The molecule has 0 spiro atoms. The van der Waals surface area contributed by atoms with Crippen LogP contribution in [0, 0.1) is 13.8 Å². The van der Waals surface area contributed by atoms with Crippen LogP contribution in [0.5, 0.6) is 5.75 Å². The van der Waals surface area contributed by atoms with E-state index in [2.05, 4.69) is 86.5 Å². The van der Waals surface area contributed by atoms with Crippen molar-refractivity contribution in [1.29, 1.82) is 0 Å². The third-order valence-corrected chi connectivity index (χ3v) is 5.36. The first-order valence-electron chi connectivity index (χ1n) is 9.05. The Labute approximate surface area is 155 Å². The molecule has 2 heterocycles. The summed E-state index contributed by atoms with van der Waals surface area (Å²) in [6.07, 6.45) is 5.10. The maximum absolute atomic E-state index is 6.17. The van der Waals surface area contributed by atoms with Crippen molar-refractivity contribution in [2.75, 3.05) is 19.0 Å². The summed E-state index contributed by atoms with van der Waals surface area (Å²) in [6.45, 7) is 8.21. The fourth-order valence-electron chi connectivity index (χ4n) is 3.94. The van der Waals surface area contributed by atoms with Crippen LogP contribution in [0.15, 0.2) is 61.0 Å². The van der Waals surface area contributed by atoms with Crippen LogP contribution in [0.1, 0.15) is 29.0 Å². The summed E-state index contributed by atoms with van der Waals surface area (Å²) in [5, 5.41) is 0. The zero-order valence-corrected chi connectivity index (χ0v) is 15.9. The number of benzene rings is 2. The summed E-state index contributed by atoms with van der Waals surface area (Å²) in [7, 11) is 4.19. The van der Waals surface area contributed by atoms with Gasteiger partial charge in [0.1, 0.15) is 7.05 Å². The van der Waals surface area contributed by atoms with Gasteiger partial charge in [-0.3, -0.25) is 0 Å². The van der Waals surface area contributed by atoms with Crippen molar-refractivity contribution < 1.29 is 9.31 Å². The molecule has 0 amide bonds. The lowest BCUT2D eigenvalue weighted by Crippen LogP contribution is -2.19. The zero-order chi connectivity index (χ0) is 18.4. The molecule has 0 bridgehead atoms. The van der Waals surface area contributed by atoms with Crippen molar-refractivity contribution >= 4 is 17.1 Å². The van der Waals surface area contributed by atoms with E-state index in [1.54, 1.807) is 0 Å². The van der Waals surface area contributed by atoms with E-state index in [0.29, 0.717) is 5.92 Å². The minimum absolute atomic E-state index is 0.308. The predicted molar refractivity (Wildman–Crippen MR) is 108 cm³/mol. The number of fused-ring (bicyclic) bond motifs is 2. The molecule has 1 atom stereocenters. The fraction of sp³-hybridized carbons (Fsp3) is 0.261. The molecular formula is C23H25N2O+. The van der Waals surface area contributed by atoms with Crippen molar-refractivity contribution in [3.05, 3.63) is 77.7 Å². The Hall–Kier alpha value is -2.81. The Kier molecular flexibility index (Phi) is 3.95. The van der Waals surface area contributed by atoms with Crippen molar-refractivity contribution in [2.45, 2.75) is 26.2 Å². The van der Waals surface area contributed by atoms with Crippen molar-refractivity contribution in [1.82, 2.24) is 0 Å². The fourth-order valence-corrected chi connectivity index (χ4v) is 3.94. The third kappa shape index (κ3) is 2.55. The second kappa shape index (κ2) is 6.17. The lowest BCUT2D eigenvalue weighted by Gasteiger charge is -2.12. The Bertz CT molecular complexity index is 968. The first-order chi connectivity index (χ1) is 12.5. The number of hydrogen-bond acceptors (Lipinski definition) is 2. The largest absolute Gasteiger partial charge is 0.438 e. The van der Waals surface area contributed by atoms with Crippen LogP contribution in [0.3, 0.4) is 0 Å². The molecule has 2 aromatic carbocycles. The third-order valence-electron chi connectivity index (χ3n) is 5.36. The molecule has 0 aliphatic carbocycles. The number of hydrogen-bond donors (Lipinski definition) is 0. The van der Waals surface area contributed by atoms with Gasteiger partial charge < -0.3 is 9.64 Å². The smallest absolute Gasteiger partial charge is 0.209 e. The second-order valence-corrected chi connectivity index (χ2v) is 7.24. The molecule has 26 heavy (non-hydrogen) atoms. The lowest BCUT2D eigenvalue weighted by molar-refractivity contribution is -0.401. The Balaban J connectivity index is 1.77. The first-order valence-corrected chi connectivity index (χ1v) is 9.05. The highest BCUT2D eigenvalue weighted by Crippen LogP contribution is 2.41. The SMILES string of the molecule is C=CCC1C(/C=C2\Oc3cc(C)ccc3N2C)=[N+](C)c2ccc(C)cc21. The number of aryl methyl sites for hydroxylation is 2. The summed E-state index contributed by atoms with van der Waals surface area (Å²) in [5.41, 5.74) is 7.49. The van der Waals surface area contributed by atoms with Crippen LogP contribution >= 0.6 is 0 Å². The molecule has 2 aromatic rings. The number of rotatable bonds is 3. The van der Waals surface area contributed by atoms with E-state index in [9.17, 15) is 0 Å². The van der Waals surface area contributed by atoms with E-state index in [0.717, 1.165) is 23.7 Å². The maximum Gasteiger partial charge on any atom is 0.209 e. The molecule has 0 saturated heterocycles. The Morgan fingerprint density at radius 2 is 1.88 bits per heavy atom. The van der Waals surface area contributed by atoms with Crippen LogP contribution in [0.25, 0.3) is 0 Å². The highest BCUT2D eigenvalue weighted by Gasteiger charge is 2.37. The van der Waals surface area contributed by atoms with Gasteiger partial charge in [-0.25, -0.2) is 0 Å². The first kappa shape index (κ1) is 16.6. The van der Waals surface area contributed by atoms with Crippen molar-refractivity contribution in [2.24, 2.45) is 0 Å². The molecule has 4 rings (SSSR count). The molecule has 0 fully saturated rings. The number of ether oxygens (including phenoxy) is 1. The van der Waals surface area contributed by atoms with E-state index in [1.165, 1.54) is 28.1 Å². The highest BCUT2D eigenvalue weighted by molar-refractivity contribution is 6.01. The second-order valence-electron chi connectivity index (χ2n) is 7.24. The van der Waals surface area contributed by atoms with Gasteiger partial charge >= 0.3 is 0 Å². The van der Waals surface area contributed by atoms with E-state index in [-0.39, 0.29) is 0 Å². The van der Waals surface area contributed by atoms with Gasteiger partial charge in [-0.15, -0.1) is 6.58 Å². The molecule has 0 N–H and O–H groups in total. The Morgan fingerprint density at radius 1 is 1.15 bits per heavy atom. The molecule has 0 saturated carbocycles. The van der Waals surface area contributed by atoms with Crippen LogP contribution in [0.4, 0.5) is 11.4 Å². The molecule has 1 unspecified atom stereocenters. The summed E-state index contributed by atoms with van der Waals surface area (Å²) >= 11 is 0. The minimum atomic E-state index is 0.308. The highest BCUT2D eigenvalue weighted by atomic mass is 16.5. The molecule has 3 heteroatoms. The van der Waals surface area contributed by atoms with Gasteiger partial charge in [-0.2, -0.15) is 4.58 Å². The lowest BCUT2D eigenvalue weighted by atomic mass is 9.91. The van der Waals surface area contributed by atoms with Gasteiger partial charge in [0.2, 0.25) is 11.6 Å². The summed E-state index contributed by atoms with van der Waals surface area (Å²) in [6, 6.07) is 13.0. The average molecular weight is 345 g/mol. The van der Waals surface area contributed by atoms with Crippen molar-refractivity contribution in [3.8, 4) is 5.75 Å². The van der Waals surface area contributed by atoms with E-state index >= 15 is 0 Å². The molecule has 2 aliphatic heterocycles. The van der Waals surface area contributed by atoms with Crippen LogP contribution in [-0.4, -0.2) is 24.4 Å². The standard InChI is InChI=1S/C23H25N2O/c1-6-7-17-18-12-15(2)8-10-19(18)24(4)21(17)14-23-25(5)20-11-9-16(3)13-22(20)26-23/h6,8-14,17H,1,7H2,2-5H3/q+1. The molecule has 3 nitrogen and oxygen atoms in total. The predicted octanol–water partition coefficient (Wildman–Crippen LogP) is 5.06. The summed E-state index contributed by atoms with van der Waals surface area (Å²) in [4.78, 5) is 2.12. The average Bonchev–Trinajstić information content (AvgIpc) is 3.04. The quantitative estimate of drug-likeness (QED) is 0.570. The molecule has 2 aliphatic rings. The number of anilines is 1. The topological polar surface area (TPSA) is 15.5 Å². The van der Waals surface area contributed by atoms with E-state index in [1.807, 2.05) is 6.08 Å². The van der Waals surface area contributed by atoms with Crippen LogP contribution in [0.2, 0.25) is 0 Å². The minimum Gasteiger partial charge on any atom is -0.438 e. The van der Waals surface area contributed by atoms with Crippen LogP contribution in [-0.2, 0) is 0 Å². The molecule has 0 radical (unpaired) electrons. The molecule has 0 aromatic heterocycles. The van der Waals surface area contributed by atoms with Gasteiger partial charge in [-0.05, 0) is 44.0 Å². The van der Waals surface area contributed by atoms with Gasteiger partial charge in [0.15, 0.2) is 11.5 Å². The summed E-state index contributed by atoms with van der Waals surface area (Å²) in [5.74, 6) is 2.10. The number of allylic oxidation sites excluding steroid dienone is 2. The molecular weight excluding hydrogens is 320 g/mol. The number of nitrogens with zero attached hydrogens (tertiary/aromatic N) is 2. The molecule has 132 valence electrons. The van der Waals surface area contributed by atoms with Gasteiger partial charge in [0, 0.05) is 18.7 Å². The normalized spacial score (nSPS) is 19.6. The zero-order valence-electron chi connectivity index (χ0n) is 15.9. The maximum atomic E-state index is 6.17. The monoisotopic (exact) mass is 345 g/mol. The van der Waals surface area contributed by atoms with Crippen LogP contribution < -0.4 is 9.64 Å². The summed E-state index contributed by atoms with van der Waals surface area (Å²) < 4.78 is 8.45.